The number of hydrogen-bond acceptors (Lipinski definition) is 4. The molecule has 0 amide bonds. The fraction of sp³-hybridized carbons (Fsp3) is 0.562. The van der Waals surface area contributed by atoms with Crippen LogP contribution in [-0.4, -0.2) is 26.3 Å². The molecule has 0 unspecified atom stereocenters. The monoisotopic (exact) mass is 287 g/mol. The van der Waals surface area contributed by atoms with Crippen molar-refractivity contribution in [2.24, 2.45) is 5.92 Å². The normalized spacial score (nSPS) is 11.3. The zero-order chi connectivity index (χ0) is 15.2. The zero-order valence-corrected chi connectivity index (χ0v) is 13.4. The van der Waals surface area contributed by atoms with Gasteiger partial charge in [0.1, 0.15) is 5.82 Å². The highest BCUT2D eigenvalue weighted by Gasteiger charge is 2.10. The predicted molar refractivity (Wildman–Crippen MR) is 84.5 cm³/mol. The summed E-state index contributed by atoms with van der Waals surface area (Å²) in [4.78, 5) is 8.98. The van der Waals surface area contributed by atoms with Gasteiger partial charge in [-0.25, -0.2) is 9.97 Å². The average molecular weight is 287 g/mol. The van der Waals surface area contributed by atoms with Gasteiger partial charge in [0, 0.05) is 25.6 Å². The Morgan fingerprint density at radius 3 is 2.71 bits per heavy atom. The minimum Gasteiger partial charge on any atom is -0.312 e. The van der Waals surface area contributed by atoms with E-state index in [4.69, 9.17) is 0 Å². The highest BCUT2D eigenvalue weighted by molar-refractivity contribution is 5.28. The van der Waals surface area contributed by atoms with Crippen LogP contribution in [0.15, 0.2) is 18.3 Å². The summed E-state index contributed by atoms with van der Waals surface area (Å²) in [6, 6.07) is 4.13. The molecular formula is C16H25N5. The topological polar surface area (TPSA) is 55.6 Å². The van der Waals surface area contributed by atoms with E-state index in [-0.39, 0.29) is 0 Å². The van der Waals surface area contributed by atoms with Crippen LogP contribution >= 0.6 is 0 Å². The summed E-state index contributed by atoms with van der Waals surface area (Å²) < 4.78 is 1.87. The van der Waals surface area contributed by atoms with Gasteiger partial charge in [0.15, 0.2) is 11.6 Å². The number of rotatable bonds is 7. The molecule has 0 aliphatic rings. The second-order valence-electron chi connectivity index (χ2n) is 5.61. The zero-order valence-electron chi connectivity index (χ0n) is 13.4. The summed E-state index contributed by atoms with van der Waals surface area (Å²) in [5, 5.41) is 7.99. The number of hydrogen-bond donors (Lipinski definition) is 1. The van der Waals surface area contributed by atoms with Crippen LogP contribution in [0.2, 0.25) is 0 Å². The Hall–Kier alpha value is -1.75. The first-order chi connectivity index (χ1) is 10.1. The summed E-state index contributed by atoms with van der Waals surface area (Å²) >= 11 is 0. The van der Waals surface area contributed by atoms with Crippen LogP contribution in [-0.2, 0) is 19.4 Å². The number of nitrogens with zero attached hydrogens (tertiary/aromatic N) is 4. The third-order valence-corrected chi connectivity index (χ3v) is 3.26. The smallest absolute Gasteiger partial charge is 0.155 e. The molecule has 114 valence electrons. The van der Waals surface area contributed by atoms with E-state index in [1.807, 2.05) is 16.9 Å². The Kier molecular flexibility index (Phi) is 5.44. The lowest BCUT2D eigenvalue weighted by molar-refractivity contribution is 0.552. The summed E-state index contributed by atoms with van der Waals surface area (Å²) in [7, 11) is 0. The Morgan fingerprint density at radius 1 is 1.24 bits per heavy atom. The largest absolute Gasteiger partial charge is 0.312 e. The first-order valence-corrected chi connectivity index (χ1v) is 7.74. The van der Waals surface area contributed by atoms with E-state index in [9.17, 15) is 0 Å². The van der Waals surface area contributed by atoms with E-state index in [0.29, 0.717) is 5.92 Å². The standard InChI is InChI=1S/C16H25N5/c1-5-14-19-15(6-2)21(20-14)16-9-13(7-8-18-16)11-17-10-12(3)4/h7-9,12,17H,5-6,10-11H2,1-4H3. The molecule has 0 aliphatic heterocycles. The van der Waals surface area contributed by atoms with Crippen LogP contribution in [0.1, 0.15) is 44.9 Å². The third kappa shape index (κ3) is 4.11. The molecule has 5 nitrogen and oxygen atoms in total. The maximum atomic E-state index is 4.54. The fourth-order valence-electron chi connectivity index (χ4n) is 2.15. The second kappa shape index (κ2) is 7.31. The van der Waals surface area contributed by atoms with Crippen molar-refractivity contribution in [3.63, 3.8) is 0 Å². The average Bonchev–Trinajstić information content (AvgIpc) is 2.90. The van der Waals surface area contributed by atoms with Crippen LogP contribution in [0.4, 0.5) is 0 Å². The molecule has 2 rings (SSSR count). The lowest BCUT2D eigenvalue weighted by Crippen LogP contribution is -2.19. The lowest BCUT2D eigenvalue weighted by Gasteiger charge is -2.09. The van der Waals surface area contributed by atoms with E-state index in [2.05, 4.69) is 54.1 Å². The number of nitrogens with one attached hydrogen (secondary N) is 1. The van der Waals surface area contributed by atoms with Gasteiger partial charge in [-0.1, -0.05) is 27.7 Å². The third-order valence-electron chi connectivity index (χ3n) is 3.26. The Labute approximate surface area is 126 Å². The SMILES string of the molecule is CCc1nc(CC)n(-c2cc(CNCC(C)C)ccn2)n1. The van der Waals surface area contributed by atoms with E-state index < -0.39 is 0 Å². The van der Waals surface area contributed by atoms with Gasteiger partial charge in [-0.05, 0) is 30.2 Å². The quantitative estimate of drug-likeness (QED) is 0.850. The molecule has 5 heteroatoms. The molecule has 1 N–H and O–H groups in total. The van der Waals surface area contributed by atoms with Gasteiger partial charge in [0.2, 0.25) is 0 Å². The minimum absolute atomic E-state index is 0.653. The molecule has 2 heterocycles. The molecule has 21 heavy (non-hydrogen) atoms. The van der Waals surface area contributed by atoms with Crippen molar-refractivity contribution in [2.45, 2.75) is 47.1 Å². The first kappa shape index (κ1) is 15.6. The van der Waals surface area contributed by atoms with Gasteiger partial charge in [-0.15, -0.1) is 5.10 Å². The van der Waals surface area contributed by atoms with Gasteiger partial charge in [0.25, 0.3) is 0 Å². The van der Waals surface area contributed by atoms with E-state index in [1.54, 1.807) is 0 Å². The summed E-state index contributed by atoms with van der Waals surface area (Å²) in [5.41, 5.74) is 1.22. The number of aryl methyl sites for hydroxylation is 2. The molecule has 0 atom stereocenters. The summed E-state index contributed by atoms with van der Waals surface area (Å²) in [5.74, 6) is 3.34. The van der Waals surface area contributed by atoms with Crippen LogP contribution in [0, 0.1) is 5.92 Å². The molecule has 0 saturated carbocycles. The summed E-state index contributed by atoms with van der Waals surface area (Å²) in [6.45, 7) is 10.4. The highest BCUT2D eigenvalue weighted by Crippen LogP contribution is 2.11. The molecular weight excluding hydrogens is 262 g/mol. The van der Waals surface area contributed by atoms with Crippen molar-refractivity contribution >= 4 is 0 Å². The predicted octanol–water partition coefficient (Wildman–Crippen LogP) is 2.53. The molecule has 0 aliphatic carbocycles. The molecule has 2 aromatic heterocycles. The van der Waals surface area contributed by atoms with Gasteiger partial charge in [0.05, 0.1) is 0 Å². The van der Waals surface area contributed by atoms with Crippen molar-refractivity contribution in [2.75, 3.05) is 6.54 Å². The van der Waals surface area contributed by atoms with Gasteiger partial charge in [-0.3, -0.25) is 0 Å². The Bertz CT molecular complexity index is 574. The van der Waals surface area contributed by atoms with Crippen molar-refractivity contribution < 1.29 is 0 Å². The molecule has 0 bridgehead atoms. The highest BCUT2D eigenvalue weighted by atomic mass is 15.4. The van der Waals surface area contributed by atoms with Gasteiger partial charge in [-0.2, -0.15) is 4.68 Å². The van der Waals surface area contributed by atoms with Crippen molar-refractivity contribution in [3.05, 3.63) is 35.5 Å². The lowest BCUT2D eigenvalue weighted by atomic mass is 10.2. The number of aromatic nitrogens is 4. The minimum atomic E-state index is 0.653. The van der Waals surface area contributed by atoms with E-state index >= 15 is 0 Å². The fourth-order valence-corrected chi connectivity index (χ4v) is 2.15. The molecule has 0 spiro atoms. The Balaban J connectivity index is 2.18. The maximum absolute atomic E-state index is 4.54. The van der Waals surface area contributed by atoms with Gasteiger partial charge >= 0.3 is 0 Å². The van der Waals surface area contributed by atoms with Crippen LogP contribution in [0.25, 0.3) is 5.82 Å². The maximum Gasteiger partial charge on any atom is 0.155 e. The first-order valence-electron chi connectivity index (χ1n) is 7.74. The summed E-state index contributed by atoms with van der Waals surface area (Å²) in [6.07, 6.45) is 3.54. The van der Waals surface area contributed by atoms with Gasteiger partial charge < -0.3 is 5.32 Å². The van der Waals surface area contributed by atoms with Crippen LogP contribution < -0.4 is 5.32 Å². The van der Waals surface area contributed by atoms with Crippen molar-refractivity contribution in [3.8, 4) is 5.82 Å². The van der Waals surface area contributed by atoms with E-state index in [0.717, 1.165) is 43.4 Å². The van der Waals surface area contributed by atoms with Crippen molar-refractivity contribution in [1.82, 2.24) is 25.1 Å². The Morgan fingerprint density at radius 2 is 2.05 bits per heavy atom. The molecule has 0 aromatic carbocycles. The molecule has 0 radical (unpaired) electrons. The van der Waals surface area contributed by atoms with Crippen LogP contribution in [0.5, 0.6) is 0 Å². The molecule has 0 fully saturated rings. The molecule has 0 saturated heterocycles. The molecule has 2 aromatic rings. The number of pyridine rings is 1. The van der Waals surface area contributed by atoms with E-state index in [1.165, 1.54) is 5.56 Å². The van der Waals surface area contributed by atoms with Crippen molar-refractivity contribution in [1.29, 1.82) is 0 Å². The second-order valence-corrected chi connectivity index (χ2v) is 5.61. The van der Waals surface area contributed by atoms with Crippen LogP contribution in [0.3, 0.4) is 0 Å².